The summed E-state index contributed by atoms with van der Waals surface area (Å²) in [7, 11) is 0. The Morgan fingerprint density at radius 1 is 1.25 bits per heavy atom. The molecule has 0 aliphatic carbocycles. The number of hydrogen-bond acceptors (Lipinski definition) is 5. The van der Waals surface area contributed by atoms with Crippen LogP contribution in [0.1, 0.15) is 60.6 Å². The summed E-state index contributed by atoms with van der Waals surface area (Å²) in [6.45, 7) is 7.30. The van der Waals surface area contributed by atoms with Gasteiger partial charge in [-0.2, -0.15) is 0 Å². The minimum atomic E-state index is -0.0521. The SMILES string of the molecule is CCc1cc(C)c(C(=O)N2CCC[C@@H](N(Cc3cncnc3)C(C)=O)CC2)o1. The van der Waals surface area contributed by atoms with Gasteiger partial charge in [0.05, 0.1) is 0 Å². The van der Waals surface area contributed by atoms with Crippen molar-refractivity contribution in [3.8, 4) is 0 Å². The minimum absolute atomic E-state index is 0.0306. The van der Waals surface area contributed by atoms with Gasteiger partial charge in [0.15, 0.2) is 5.76 Å². The molecule has 1 saturated heterocycles. The molecule has 1 aliphatic rings. The Hall–Kier alpha value is -2.70. The minimum Gasteiger partial charge on any atom is -0.456 e. The van der Waals surface area contributed by atoms with E-state index in [1.165, 1.54) is 6.33 Å². The second-order valence-corrected chi connectivity index (χ2v) is 7.35. The van der Waals surface area contributed by atoms with Crippen LogP contribution < -0.4 is 0 Å². The highest BCUT2D eigenvalue weighted by Crippen LogP contribution is 2.23. The predicted octanol–water partition coefficient (Wildman–Crippen LogP) is 2.98. The van der Waals surface area contributed by atoms with Crippen molar-refractivity contribution in [2.45, 2.75) is 59.0 Å². The molecule has 1 atom stereocenters. The van der Waals surface area contributed by atoms with E-state index in [0.29, 0.717) is 25.4 Å². The fourth-order valence-electron chi connectivity index (χ4n) is 3.78. The highest BCUT2D eigenvalue weighted by molar-refractivity contribution is 5.93. The van der Waals surface area contributed by atoms with Crippen molar-refractivity contribution in [1.29, 1.82) is 0 Å². The van der Waals surface area contributed by atoms with E-state index < -0.39 is 0 Å². The second kappa shape index (κ2) is 8.99. The van der Waals surface area contributed by atoms with Gasteiger partial charge in [0.1, 0.15) is 12.1 Å². The number of furan rings is 1. The van der Waals surface area contributed by atoms with Crippen LogP contribution in [-0.4, -0.2) is 50.7 Å². The number of rotatable bonds is 5. The van der Waals surface area contributed by atoms with Gasteiger partial charge in [-0.3, -0.25) is 9.59 Å². The summed E-state index contributed by atoms with van der Waals surface area (Å²) in [4.78, 5) is 37.0. The smallest absolute Gasteiger partial charge is 0.289 e. The van der Waals surface area contributed by atoms with E-state index in [1.54, 1.807) is 19.3 Å². The van der Waals surface area contributed by atoms with Crippen LogP contribution in [0, 0.1) is 6.92 Å². The molecule has 0 aromatic carbocycles. The Morgan fingerprint density at radius 3 is 2.64 bits per heavy atom. The normalized spacial score (nSPS) is 17.2. The molecule has 0 bridgehead atoms. The molecular weight excluding hydrogens is 356 g/mol. The molecule has 0 radical (unpaired) electrons. The summed E-state index contributed by atoms with van der Waals surface area (Å²) in [5, 5.41) is 0. The van der Waals surface area contributed by atoms with Gasteiger partial charge in [0, 0.05) is 62.5 Å². The quantitative estimate of drug-likeness (QED) is 0.792. The Bertz CT molecular complexity index is 818. The molecule has 3 heterocycles. The van der Waals surface area contributed by atoms with Crippen LogP contribution >= 0.6 is 0 Å². The summed E-state index contributed by atoms with van der Waals surface area (Å²) >= 11 is 0. The second-order valence-electron chi connectivity index (χ2n) is 7.35. The average Bonchev–Trinajstić information content (AvgIpc) is 2.91. The van der Waals surface area contributed by atoms with Crippen LogP contribution in [0.2, 0.25) is 0 Å². The summed E-state index contributed by atoms with van der Waals surface area (Å²) in [6.07, 6.45) is 8.20. The zero-order chi connectivity index (χ0) is 20.1. The first-order chi connectivity index (χ1) is 13.5. The molecule has 2 amide bonds. The number of carbonyl (C=O) groups excluding carboxylic acids is 2. The number of nitrogens with zero attached hydrogens (tertiary/aromatic N) is 4. The lowest BCUT2D eigenvalue weighted by atomic mass is 10.1. The van der Waals surface area contributed by atoms with E-state index in [4.69, 9.17) is 4.42 Å². The third-order valence-electron chi connectivity index (χ3n) is 5.31. The Kier molecular flexibility index (Phi) is 6.44. The van der Waals surface area contributed by atoms with Gasteiger partial charge in [0.2, 0.25) is 5.91 Å². The molecule has 150 valence electrons. The molecule has 2 aromatic heterocycles. The molecule has 0 saturated carbocycles. The molecule has 7 nitrogen and oxygen atoms in total. The van der Waals surface area contributed by atoms with Crippen LogP contribution in [0.3, 0.4) is 0 Å². The Labute approximate surface area is 165 Å². The van der Waals surface area contributed by atoms with Crippen molar-refractivity contribution in [3.05, 3.63) is 47.4 Å². The molecule has 28 heavy (non-hydrogen) atoms. The lowest BCUT2D eigenvalue weighted by Gasteiger charge is -2.30. The zero-order valence-corrected chi connectivity index (χ0v) is 16.9. The molecule has 3 rings (SSSR count). The van der Waals surface area contributed by atoms with Crippen LogP contribution in [0.5, 0.6) is 0 Å². The van der Waals surface area contributed by atoms with E-state index >= 15 is 0 Å². The van der Waals surface area contributed by atoms with E-state index in [2.05, 4.69) is 9.97 Å². The van der Waals surface area contributed by atoms with Crippen LogP contribution in [-0.2, 0) is 17.8 Å². The maximum atomic E-state index is 12.9. The number of aryl methyl sites for hydroxylation is 2. The Morgan fingerprint density at radius 2 is 2.00 bits per heavy atom. The third-order valence-corrected chi connectivity index (χ3v) is 5.31. The molecular formula is C21H28N4O3. The van der Waals surface area contributed by atoms with Crippen LogP contribution in [0.4, 0.5) is 0 Å². The summed E-state index contributed by atoms with van der Waals surface area (Å²) in [5.41, 5.74) is 1.80. The van der Waals surface area contributed by atoms with Crippen molar-refractivity contribution in [2.24, 2.45) is 0 Å². The Balaban J connectivity index is 1.68. The number of aromatic nitrogens is 2. The zero-order valence-electron chi connectivity index (χ0n) is 16.9. The largest absolute Gasteiger partial charge is 0.456 e. The fourth-order valence-corrected chi connectivity index (χ4v) is 3.78. The molecule has 0 N–H and O–H groups in total. The van der Waals surface area contributed by atoms with Gasteiger partial charge in [-0.05, 0) is 32.3 Å². The van der Waals surface area contributed by atoms with Crippen molar-refractivity contribution >= 4 is 11.8 Å². The van der Waals surface area contributed by atoms with Crippen LogP contribution in [0.25, 0.3) is 0 Å². The molecule has 0 unspecified atom stereocenters. The lowest BCUT2D eigenvalue weighted by molar-refractivity contribution is -0.132. The maximum absolute atomic E-state index is 12.9. The first kappa shape index (κ1) is 20.0. The molecule has 7 heteroatoms. The van der Waals surface area contributed by atoms with Crippen molar-refractivity contribution < 1.29 is 14.0 Å². The monoisotopic (exact) mass is 384 g/mol. The number of carbonyl (C=O) groups is 2. The summed E-state index contributed by atoms with van der Waals surface area (Å²) < 4.78 is 5.74. The predicted molar refractivity (Wildman–Crippen MR) is 105 cm³/mol. The van der Waals surface area contributed by atoms with Gasteiger partial charge in [-0.15, -0.1) is 0 Å². The van der Waals surface area contributed by atoms with Crippen molar-refractivity contribution in [2.75, 3.05) is 13.1 Å². The van der Waals surface area contributed by atoms with E-state index in [-0.39, 0.29) is 17.9 Å². The topological polar surface area (TPSA) is 79.5 Å². The summed E-state index contributed by atoms with van der Waals surface area (Å²) in [6, 6.07) is 2.03. The van der Waals surface area contributed by atoms with Crippen molar-refractivity contribution in [3.63, 3.8) is 0 Å². The van der Waals surface area contributed by atoms with E-state index in [1.807, 2.05) is 29.7 Å². The summed E-state index contributed by atoms with van der Waals surface area (Å²) in [5.74, 6) is 1.26. The molecule has 1 aliphatic heterocycles. The fraction of sp³-hybridized carbons (Fsp3) is 0.524. The average molecular weight is 384 g/mol. The van der Waals surface area contributed by atoms with E-state index in [9.17, 15) is 9.59 Å². The first-order valence-corrected chi connectivity index (χ1v) is 9.89. The highest BCUT2D eigenvalue weighted by atomic mass is 16.4. The van der Waals surface area contributed by atoms with E-state index in [0.717, 1.165) is 42.6 Å². The van der Waals surface area contributed by atoms with Gasteiger partial charge < -0.3 is 14.2 Å². The third kappa shape index (κ3) is 4.58. The van der Waals surface area contributed by atoms with Crippen molar-refractivity contribution in [1.82, 2.24) is 19.8 Å². The highest BCUT2D eigenvalue weighted by Gasteiger charge is 2.28. The molecule has 0 spiro atoms. The standard InChI is InChI=1S/C21H28N4O3/c1-4-19-10-15(2)20(28-19)21(27)24-8-5-6-18(7-9-24)25(16(3)26)13-17-11-22-14-23-12-17/h10-12,14,18H,4-9,13H2,1-3H3/t18-/m1/s1. The number of likely N-dealkylation sites (tertiary alicyclic amines) is 1. The molecule has 1 fully saturated rings. The molecule has 2 aromatic rings. The van der Waals surface area contributed by atoms with Gasteiger partial charge >= 0.3 is 0 Å². The van der Waals surface area contributed by atoms with Crippen LogP contribution in [0.15, 0.2) is 29.2 Å². The van der Waals surface area contributed by atoms with Gasteiger partial charge in [-0.25, -0.2) is 9.97 Å². The lowest BCUT2D eigenvalue weighted by Crippen LogP contribution is -2.39. The number of hydrogen-bond donors (Lipinski definition) is 0. The van der Waals surface area contributed by atoms with Gasteiger partial charge in [0.25, 0.3) is 5.91 Å². The number of amides is 2. The van der Waals surface area contributed by atoms with Gasteiger partial charge in [-0.1, -0.05) is 6.92 Å². The maximum Gasteiger partial charge on any atom is 0.289 e. The first-order valence-electron chi connectivity index (χ1n) is 9.89.